The summed E-state index contributed by atoms with van der Waals surface area (Å²) in [5, 5.41) is 8.58. The van der Waals surface area contributed by atoms with Gasteiger partial charge in [0.25, 0.3) is 0 Å². The number of allylic oxidation sites excluding steroid dienone is 3. The van der Waals surface area contributed by atoms with E-state index in [0.717, 1.165) is 5.57 Å². The van der Waals surface area contributed by atoms with Crippen LogP contribution in [0.5, 0.6) is 0 Å². The molecule has 0 aromatic rings. The van der Waals surface area contributed by atoms with Crippen molar-refractivity contribution in [3.63, 3.8) is 0 Å². The minimum atomic E-state index is -0.733. The largest absolute Gasteiger partial charge is 0.481 e. The molecule has 0 spiro atoms. The Morgan fingerprint density at radius 2 is 2.50 bits per heavy atom. The van der Waals surface area contributed by atoms with Crippen molar-refractivity contribution < 1.29 is 9.90 Å². The highest BCUT2D eigenvalue weighted by Crippen LogP contribution is 2.15. The first-order valence-electron chi connectivity index (χ1n) is 3.28. The SMILES string of the molecule is CC1=CC(C(=O)O)CC=C1. The van der Waals surface area contributed by atoms with E-state index in [0.29, 0.717) is 6.42 Å². The number of hydrogen-bond acceptors (Lipinski definition) is 1. The van der Waals surface area contributed by atoms with Crippen LogP contribution in [-0.2, 0) is 4.79 Å². The number of hydrogen-bond donors (Lipinski definition) is 1. The third-order valence-corrected chi connectivity index (χ3v) is 1.55. The Kier molecular flexibility index (Phi) is 1.90. The average Bonchev–Trinajstić information content (AvgIpc) is 1.88. The zero-order chi connectivity index (χ0) is 7.56. The molecule has 2 nitrogen and oxygen atoms in total. The molecule has 0 amide bonds. The van der Waals surface area contributed by atoms with E-state index < -0.39 is 5.97 Å². The first kappa shape index (κ1) is 7.06. The predicted octanol–water partition coefficient (Wildman–Crippen LogP) is 1.59. The Hall–Kier alpha value is -1.05. The van der Waals surface area contributed by atoms with E-state index in [1.807, 2.05) is 19.1 Å². The van der Waals surface area contributed by atoms with Gasteiger partial charge >= 0.3 is 5.97 Å². The second kappa shape index (κ2) is 2.69. The molecular formula is C8H10O2. The summed E-state index contributed by atoms with van der Waals surface area (Å²) in [5.74, 6) is -1.03. The summed E-state index contributed by atoms with van der Waals surface area (Å²) in [6.45, 7) is 1.91. The van der Waals surface area contributed by atoms with Gasteiger partial charge in [-0.05, 0) is 13.3 Å². The minimum absolute atomic E-state index is 0.301. The molecule has 54 valence electrons. The Labute approximate surface area is 59.9 Å². The molecule has 1 aliphatic carbocycles. The van der Waals surface area contributed by atoms with Crippen LogP contribution in [0.2, 0.25) is 0 Å². The quantitative estimate of drug-likeness (QED) is 0.597. The van der Waals surface area contributed by atoms with E-state index in [1.165, 1.54) is 0 Å². The third-order valence-electron chi connectivity index (χ3n) is 1.55. The molecule has 0 aliphatic heterocycles. The van der Waals surface area contributed by atoms with Crippen LogP contribution in [0.1, 0.15) is 13.3 Å². The maximum Gasteiger partial charge on any atom is 0.310 e. The second-order valence-corrected chi connectivity index (χ2v) is 2.49. The number of aliphatic carboxylic acids is 1. The molecular weight excluding hydrogens is 128 g/mol. The Morgan fingerprint density at radius 1 is 1.80 bits per heavy atom. The van der Waals surface area contributed by atoms with Crippen molar-refractivity contribution in [3.8, 4) is 0 Å². The van der Waals surface area contributed by atoms with Gasteiger partial charge in [-0.3, -0.25) is 4.79 Å². The summed E-state index contributed by atoms with van der Waals surface area (Å²) in [6, 6.07) is 0. The van der Waals surface area contributed by atoms with E-state index in [4.69, 9.17) is 5.11 Å². The van der Waals surface area contributed by atoms with Crippen LogP contribution in [0.15, 0.2) is 23.8 Å². The standard InChI is InChI=1S/C8H10O2/c1-6-3-2-4-7(5-6)8(9)10/h2-3,5,7H,4H2,1H3,(H,9,10). The van der Waals surface area contributed by atoms with Crippen molar-refractivity contribution in [1.82, 2.24) is 0 Å². The van der Waals surface area contributed by atoms with Crippen LogP contribution in [0.3, 0.4) is 0 Å². The fourth-order valence-electron chi connectivity index (χ4n) is 1.01. The van der Waals surface area contributed by atoms with Gasteiger partial charge < -0.3 is 5.11 Å². The lowest BCUT2D eigenvalue weighted by atomic mass is 9.97. The zero-order valence-electron chi connectivity index (χ0n) is 5.87. The lowest BCUT2D eigenvalue weighted by Gasteiger charge is -2.08. The van der Waals surface area contributed by atoms with Crippen molar-refractivity contribution >= 4 is 5.97 Å². The van der Waals surface area contributed by atoms with Crippen LogP contribution in [-0.4, -0.2) is 11.1 Å². The van der Waals surface area contributed by atoms with Crippen LogP contribution >= 0.6 is 0 Å². The molecule has 0 radical (unpaired) electrons. The summed E-state index contributed by atoms with van der Waals surface area (Å²) >= 11 is 0. The average molecular weight is 138 g/mol. The van der Waals surface area contributed by atoms with Crippen LogP contribution < -0.4 is 0 Å². The molecule has 0 bridgehead atoms. The van der Waals surface area contributed by atoms with Gasteiger partial charge in [0.2, 0.25) is 0 Å². The molecule has 0 heterocycles. The van der Waals surface area contributed by atoms with Gasteiger partial charge in [-0.2, -0.15) is 0 Å². The van der Waals surface area contributed by atoms with E-state index in [1.54, 1.807) is 6.08 Å². The molecule has 0 aromatic heterocycles. The minimum Gasteiger partial charge on any atom is -0.481 e. The normalized spacial score (nSPS) is 24.1. The van der Waals surface area contributed by atoms with E-state index >= 15 is 0 Å². The van der Waals surface area contributed by atoms with Crippen LogP contribution in [0, 0.1) is 5.92 Å². The maximum atomic E-state index is 10.4. The third kappa shape index (κ3) is 1.47. The van der Waals surface area contributed by atoms with Gasteiger partial charge in [0.15, 0.2) is 0 Å². The second-order valence-electron chi connectivity index (χ2n) is 2.49. The molecule has 2 heteroatoms. The number of carboxylic acid groups (broad SMARTS) is 1. The van der Waals surface area contributed by atoms with Gasteiger partial charge in [0.1, 0.15) is 0 Å². The van der Waals surface area contributed by atoms with Gasteiger partial charge in [-0.15, -0.1) is 0 Å². The molecule has 0 saturated heterocycles. The van der Waals surface area contributed by atoms with Crippen LogP contribution in [0.25, 0.3) is 0 Å². The molecule has 0 fully saturated rings. The predicted molar refractivity (Wildman–Crippen MR) is 38.6 cm³/mol. The van der Waals surface area contributed by atoms with Crippen molar-refractivity contribution in [2.24, 2.45) is 5.92 Å². The Morgan fingerprint density at radius 3 is 2.90 bits per heavy atom. The summed E-state index contributed by atoms with van der Waals surface area (Å²) in [5.41, 5.74) is 1.04. The molecule has 1 aliphatic rings. The smallest absolute Gasteiger partial charge is 0.310 e. The highest BCUT2D eigenvalue weighted by molar-refractivity contribution is 5.73. The topological polar surface area (TPSA) is 37.3 Å². The van der Waals surface area contributed by atoms with Crippen LogP contribution in [0.4, 0.5) is 0 Å². The van der Waals surface area contributed by atoms with Gasteiger partial charge in [-0.1, -0.05) is 23.8 Å². The highest BCUT2D eigenvalue weighted by atomic mass is 16.4. The van der Waals surface area contributed by atoms with Gasteiger partial charge in [0.05, 0.1) is 5.92 Å². The maximum absolute atomic E-state index is 10.4. The molecule has 1 unspecified atom stereocenters. The van der Waals surface area contributed by atoms with E-state index in [-0.39, 0.29) is 5.92 Å². The van der Waals surface area contributed by atoms with Crippen molar-refractivity contribution in [2.45, 2.75) is 13.3 Å². The summed E-state index contributed by atoms with van der Waals surface area (Å²) in [7, 11) is 0. The first-order chi connectivity index (χ1) is 4.70. The summed E-state index contributed by atoms with van der Waals surface area (Å²) in [6.07, 6.45) is 6.25. The first-order valence-corrected chi connectivity index (χ1v) is 3.28. The molecule has 1 N–H and O–H groups in total. The fraction of sp³-hybridized carbons (Fsp3) is 0.375. The highest BCUT2D eigenvalue weighted by Gasteiger charge is 2.14. The molecule has 1 atom stereocenters. The summed E-state index contributed by atoms with van der Waals surface area (Å²) in [4.78, 5) is 10.4. The molecule has 1 rings (SSSR count). The Balaban J connectivity index is 2.69. The van der Waals surface area contributed by atoms with Gasteiger partial charge in [0, 0.05) is 0 Å². The lowest BCUT2D eigenvalue weighted by molar-refractivity contribution is -0.140. The summed E-state index contributed by atoms with van der Waals surface area (Å²) < 4.78 is 0. The van der Waals surface area contributed by atoms with Crippen molar-refractivity contribution in [3.05, 3.63) is 23.8 Å². The molecule has 0 saturated carbocycles. The molecule has 10 heavy (non-hydrogen) atoms. The molecule has 0 aromatic carbocycles. The zero-order valence-corrected chi connectivity index (χ0v) is 5.87. The number of carbonyl (C=O) groups is 1. The number of rotatable bonds is 1. The monoisotopic (exact) mass is 138 g/mol. The van der Waals surface area contributed by atoms with E-state index in [2.05, 4.69) is 0 Å². The van der Waals surface area contributed by atoms with Crippen molar-refractivity contribution in [1.29, 1.82) is 0 Å². The number of carboxylic acids is 1. The van der Waals surface area contributed by atoms with Crippen molar-refractivity contribution in [2.75, 3.05) is 0 Å². The lowest BCUT2D eigenvalue weighted by Crippen LogP contribution is -2.11. The fourth-order valence-corrected chi connectivity index (χ4v) is 1.01. The Bertz CT molecular complexity index is 201. The van der Waals surface area contributed by atoms with Gasteiger partial charge in [-0.25, -0.2) is 0 Å². The van der Waals surface area contributed by atoms with E-state index in [9.17, 15) is 4.79 Å².